The molecular weight excluding hydrogens is 262 g/mol. The summed E-state index contributed by atoms with van der Waals surface area (Å²) < 4.78 is 9.46. The Bertz CT molecular complexity index is 545. The van der Waals surface area contributed by atoms with E-state index in [2.05, 4.69) is 10.1 Å². The smallest absolute Gasteiger partial charge is 0.354 e. The monoisotopic (exact) mass is 277 g/mol. The molecule has 0 saturated heterocycles. The van der Waals surface area contributed by atoms with Gasteiger partial charge in [0.15, 0.2) is 0 Å². The first-order valence-electron chi connectivity index (χ1n) is 5.78. The maximum Gasteiger partial charge on any atom is 0.354 e. The topological polar surface area (TPSA) is 81.7 Å². The largest absolute Gasteiger partial charge is 0.464 e. The number of rotatable bonds is 4. The number of benzene rings is 1. The molecule has 106 valence electrons. The van der Waals surface area contributed by atoms with Gasteiger partial charge in [0.25, 0.3) is 0 Å². The van der Waals surface area contributed by atoms with E-state index in [-0.39, 0.29) is 11.6 Å². The second-order valence-corrected chi connectivity index (χ2v) is 3.89. The van der Waals surface area contributed by atoms with E-state index in [0.29, 0.717) is 11.3 Å². The van der Waals surface area contributed by atoms with Crippen molar-refractivity contribution in [1.29, 1.82) is 0 Å². The summed E-state index contributed by atoms with van der Waals surface area (Å²) in [5, 5.41) is 2.39. The molecule has 6 heteroatoms. The van der Waals surface area contributed by atoms with Gasteiger partial charge in [0, 0.05) is 13.8 Å². The lowest BCUT2D eigenvalue weighted by atomic mass is 10.2. The number of hydrogen-bond acceptors (Lipinski definition) is 5. The van der Waals surface area contributed by atoms with Crippen LogP contribution in [0.1, 0.15) is 19.4 Å². The van der Waals surface area contributed by atoms with Crippen molar-refractivity contribution in [3.63, 3.8) is 0 Å². The van der Waals surface area contributed by atoms with Gasteiger partial charge in [-0.05, 0) is 23.8 Å². The maximum atomic E-state index is 11.5. The molecule has 0 fully saturated rings. The molecule has 0 radical (unpaired) electrons. The van der Waals surface area contributed by atoms with Gasteiger partial charge in [-0.25, -0.2) is 4.79 Å². The van der Waals surface area contributed by atoms with Crippen LogP contribution in [0.2, 0.25) is 0 Å². The molecule has 0 aliphatic rings. The van der Waals surface area contributed by atoms with Crippen molar-refractivity contribution in [3.05, 3.63) is 35.5 Å². The molecule has 1 aromatic rings. The summed E-state index contributed by atoms with van der Waals surface area (Å²) in [7, 11) is 1.22. The van der Waals surface area contributed by atoms with Crippen LogP contribution in [-0.2, 0) is 19.1 Å². The molecule has 0 aliphatic heterocycles. The predicted octanol–water partition coefficient (Wildman–Crippen LogP) is 1.26. The fourth-order valence-electron chi connectivity index (χ4n) is 1.41. The van der Waals surface area contributed by atoms with Gasteiger partial charge in [-0.15, -0.1) is 0 Å². The van der Waals surface area contributed by atoms with Gasteiger partial charge in [-0.2, -0.15) is 0 Å². The average Bonchev–Trinajstić information content (AvgIpc) is 2.38. The van der Waals surface area contributed by atoms with Gasteiger partial charge in [0.2, 0.25) is 5.91 Å². The van der Waals surface area contributed by atoms with Gasteiger partial charge >= 0.3 is 11.9 Å². The molecule has 1 N–H and O–H groups in total. The first-order valence-corrected chi connectivity index (χ1v) is 5.78. The lowest BCUT2D eigenvalue weighted by Gasteiger charge is -2.06. The number of esters is 2. The highest BCUT2D eigenvalue weighted by Crippen LogP contribution is 2.14. The van der Waals surface area contributed by atoms with Crippen LogP contribution in [0.5, 0.6) is 5.75 Å². The van der Waals surface area contributed by atoms with Crippen LogP contribution in [0.4, 0.5) is 0 Å². The summed E-state index contributed by atoms with van der Waals surface area (Å²) in [5.41, 5.74) is 0.676. The van der Waals surface area contributed by atoms with E-state index in [4.69, 9.17) is 4.74 Å². The Morgan fingerprint density at radius 3 is 2.15 bits per heavy atom. The fourth-order valence-corrected chi connectivity index (χ4v) is 1.41. The zero-order chi connectivity index (χ0) is 15.1. The van der Waals surface area contributed by atoms with E-state index in [1.807, 2.05) is 0 Å². The number of hydrogen-bond donors (Lipinski definition) is 1. The van der Waals surface area contributed by atoms with Crippen molar-refractivity contribution in [1.82, 2.24) is 5.32 Å². The third-order valence-corrected chi connectivity index (χ3v) is 2.17. The molecule has 0 spiro atoms. The van der Waals surface area contributed by atoms with E-state index in [9.17, 15) is 14.4 Å². The van der Waals surface area contributed by atoms with Gasteiger partial charge in [0.1, 0.15) is 11.4 Å². The molecule has 0 atom stereocenters. The molecular formula is C14H15NO5. The first kappa shape index (κ1) is 15.4. The Morgan fingerprint density at radius 1 is 1.10 bits per heavy atom. The van der Waals surface area contributed by atoms with Crippen LogP contribution in [-0.4, -0.2) is 25.0 Å². The van der Waals surface area contributed by atoms with Crippen LogP contribution in [0, 0.1) is 0 Å². The number of methoxy groups -OCH3 is 1. The molecule has 1 aromatic carbocycles. The van der Waals surface area contributed by atoms with Crippen LogP contribution >= 0.6 is 0 Å². The van der Waals surface area contributed by atoms with Gasteiger partial charge in [-0.3, -0.25) is 9.59 Å². The summed E-state index contributed by atoms with van der Waals surface area (Å²) in [4.78, 5) is 33.3. The molecule has 0 heterocycles. The number of amides is 1. The van der Waals surface area contributed by atoms with Gasteiger partial charge in [0.05, 0.1) is 7.11 Å². The average molecular weight is 277 g/mol. The van der Waals surface area contributed by atoms with Crippen LogP contribution in [0.3, 0.4) is 0 Å². The minimum atomic E-state index is -0.649. The van der Waals surface area contributed by atoms with Crippen molar-refractivity contribution in [2.75, 3.05) is 7.11 Å². The summed E-state index contributed by atoms with van der Waals surface area (Å²) in [6.07, 6.45) is 1.46. The number of carbonyl (C=O) groups excluding carboxylic acids is 3. The highest BCUT2D eigenvalue weighted by atomic mass is 16.5. The lowest BCUT2D eigenvalue weighted by molar-refractivity contribution is -0.137. The standard InChI is InChI=1S/C14H15NO5/c1-9(16)15-13(14(18)19-3)8-11-4-6-12(7-5-11)20-10(2)17/h4-8H,1-3H3,(H,15,16)/b13-8+. The molecule has 20 heavy (non-hydrogen) atoms. The van der Waals surface area contributed by atoms with Crippen molar-refractivity contribution >= 4 is 23.9 Å². The van der Waals surface area contributed by atoms with Crippen LogP contribution in [0.15, 0.2) is 30.0 Å². The minimum absolute atomic E-state index is 0.0280. The van der Waals surface area contributed by atoms with Crippen molar-refractivity contribution in [3.8, 4) is 5.75 Å². The number of nitrogens with one attached hydrogen (secondary N) is 1. The molecule has 0 saturated carbocycles. The van der Waals surface area contributed by atoms with E-state index in [0.717, 1.165) is 0 Å². The first-order chi connectivity index (χ1) is 9.42. The normalized spacial score (nSPS) is 10.7. The highest BCUT2D eigenvalue weighted by Gasteiger charge is 2.11. The lowest BCUT2D eigenvalue weighted by Crippen LogP contribution is -2.25. The zero-order valence-electron chi connectivity index (χ0n) is 11.4. The van der Waals surface area contributed by atoms with Gasteiger partial charge < -0.3 is 14.8 Å². The number of ether oxygens (including phenoxy) is 2. The minimum Gasteiger partial charge on any atom is -0.464 e. The Kier molecular flexibility index (Phi) is 5.46. The van der Waals surface area contributed by atoms with Crippen LogP contribution < -0.4 is 10.1 Å². The Labute approximate surface area is 116 Å². The summed E-state index contributed by atoms with van der Waals surface area (Å²) in [5.74, 6) is -1.04. The number of carbonyl (C=O) groups is 3. The zero-order valence-corrected chi connectivity index (χ0v) is 11.4. The van der Waals surface area contributed by atoms with E-state index >= 15 is 0 Å². The predicted molar refractivity (Wildman–Crippen MR) is 71.6 cm³/mol. The Balaban J connectivity index is 2.95. The van der Waals surface area contributed by atoms with E-state index in [1.165, 1.54) is 27.0 Å². The Hall–Kier alpha value is -2.63. The Morgan fingerprint density at radius 2 is 1.70 bits per heavy atom. The van der Waals surface area contributed by atoms with Gasteiger partial charge in [-0.1, -0.05) is 12.1 Å². The second-order valence-electron chi connectivity index (χ2n) is 3.89. The molecule has 1 amide bonds. The van der Waals surface area contributed by atoms with Crippen molar-refractivity contribution in [2.24, 2.45) is 0 Å². The van der Waals surface area contributed by atoms with Crippen molar-refractivity contribution < 1.29 is 23.9 Å². The van der Waals surface area contributed by atoms with E-state index < -0.39 is 11.9 Å². The molecule has 1 rings (SSSR count). The quantitative estimate of drug-likeness (QED) is 0.509. The molecule has 0 unspecified atom stereocenters. The van der Waals surface area contributed by atoms with E-state index in [1.54, 1.807) is 24.3 Å². The third-order valence-electron chi connectivity index (χ3n) is 2.17. The maximum absolute atomic E-state index is 11.5. The summed E-state index contributed by atoms with van der Waals surface area (Å²) in [6.45, 7) is 2.60. The third kappa shape index (κ3) is 4.93. The van der Waals surface area contributed by atoms with Crippen molar-refractivity contribution in [2.45, 2.75) is 13.8 Å². The molecule has 0 aliphatic carbocycles. The highest BCUT2D eigenvalue weighted by molar-refractivity contribution is 5.97. The molecule has 0 aromatic heterocycles. The fraction of sp³-hybridized carbons (Fsp3) is 0.214. The molecule has 0 bridgehead atoms. The van der Waals surface area contributed by atoms with Crippen LogP contribution in [0.25, 0.3) is 6.08 Å². The molecule has 6 nitrogen and oxygen atoms in total. The summed E-state index contributed by atoms with van der Waals surface area (Å²) >= 11 is 0. The SMILES string of the molecule is COC(=O)/C(=C\c1ccc(OC(C)=O)cc1)NC(C)=O. The summed E-state index contributed by atoms with van der Waals surface area (Å²) in [6, 6.07) is 6.44. The second kappa shape index (κ2) is 7.08.